The van der Waals surface area contributed by atoms with Gasteiger partial charge in [0.05, 0.1) is 18.8 Å². The molecule has 2 aliphatic heterocycles. The quantitative estimate of drug-likeness (QED) is 0.833. The van der Waals surface area contributed by atoms with Crippen LogP contribution in [0.1, 0.15) is 41.9 Å². The molecule has 3 heterocycles. The first-order valence-electron chi connectivity index (χ1n) is 10.00. The average molecular weight is 368 g/mol. The van der Waals surface area contributed by atoms with Crippen LogP contribution in [0.25, 0.3) is 0 Å². The number of carbonyl (C=O) groups excluding carboxylic acids is 1. The zero-order chi connectivity index (χ0) is 18.6. The van der Waals surface area contributed by atoms with E-state index >= 15 is 0 Å². The Hall–Kier alpha value is -2.34. The molecule has 144 valence electrons. The number of benzene rings is 1. The van der Waals surface area contributed by atoms with Gasteiger partial charge in [0.1, 0.15) is 5.82 Å². The highest BCUT2D eigenvalue weighted by Crippen LogP contribution is 2.29. The maximum Gasteiger partial charge on any atom is 0.255 e. The van der Waals surface area contributed by atoms with Crippen molar-refractivity contribution in [3.63, 3.8) is 0 Å². The van der Waals surface area contributed by atoms with Gasteiger partial charge < -0.3 is 19.1 Å². The fourth-order valence-electron chi connectivity index (χ4n) is 4.19. The van der Waals surface area contributed by atoms with Crippen LogP contribution >= 0.6 is 0 Å². The van der Waals surface area contributed by atoms with Crippen LogP contribution in [-0.2, 0) is 11.3 Å². The van der Waals surface area contributed by atoms with Gasteiger partial charge in [-0.15, -0.1) is 0 Å². The van der Waals surface area contributed by atoms with Gasteiger partial charge in [-0.25, -0.2) is 4.98 Å². The summed E-state index contributed by atoms with van der Waals surface area (Å²) in [5, 5.41) is 0. The number of hydrogen-bond donors (Lipinski definition) is 0. The second-order valence-electron chi connectivity index (χ2n) is 7.25. The molecule has 0 unspecified atom stereocenters. The summed E-state index contributed by atoms with van der Waals surface area (Å²) in [6.45, 7) is 7.79. The Morgan fingerprint density at radius 3 is 2.63 bits per heavy atom. The number of nitrogens with zero attached hydrogens (tertiary/aromatic N) is 4. The zero-order valence-corrected chi connectivity index (χ0v) is 16.0. The van der Waals surface area contributed by atoms with Gasteiger partial charge in [0.25, 0.3) is 5.91 Å². The molecule has 0 aliphatic carbocycles. The summed E-state index contributed by atoms with van der Waals surface area (Å²) >= 11 is 0. The Morgan fingerprint density at radius 1 is 1.15 bits per heavy atom. The zero-order valence-electron chi connectivity index (χ0n) is 16.0. The van der Waals surface area contributed by atoms with Gasteiger partial charge in [0.15, 0.2) is 0 Å². The van der Waals surface area contributed by atoms with Gasteiger partial charge in [0, 0.05) is 56.7 Å². The van der Waals surface area contributed by atoms with Crippen molar-refractivity contribution >= 4 is 11.6 Å². The van der Waals surface area contributed by atoms with Crippen molar-refractivity contribution in [2.24, 2.45) is 0 Å². The van der Waals surface area contributed by atoms with Gasteiger partial charge in [-0.05, 0) is 31.9 Å². The lowest BCUT2D eigenvalue weighted by Crippen LogP contribution is -2.41. The average Bonchev–Trinajstić information content (AvgIpc) is 3.23. The van der Waals surface area contributed by atoms with Crippen LogP contribution in [0.3, 0.4) is 0 Å². The van der Waals surface area contributed by atoms with E-state index in [1.807, 2.05) is 35.5 Å². The second-order valence-corrected chi connectivity index (χ2v) is 7.25. The number of aryl methyl sites for hydroxylation is 1. The number of morpholine rings is 1. The molecule has 1 amide bonds. The second kappa shape index (κ2) is 8.13. The van der Waals surface area contributed by atoms with Gasteiger partial charge >= 0.3 is 0 Å². The van der Waals surface area contributed by atoms with E-state index in [0.29, 0.717) is 5.92 Å². The third kappa shape index (κ3) is 3.72. The number of carbonyl (C=O) groups is 1. The van der Waals surface area contributed by atoms with E-state index < -0.39 is 0 Å². The topological polar surface area (TPSA) is 50.6 Å². The minimum atomic E-state index is 0.148. The summed E-state index contributed by atoms with van der Waals surface area (Å²) in [5.41, 5.74) is 1.85. The Kier molecular flexibility index (Phi) is 5.43. The van der Waals surface area contributed by atoms with E-state index in [9.17, 15) is 4.79 Å². The van der Waals surface area contributed by atoms with E-state index in [0.717, 1.165) is 70.0 Å². The summed E-state index contributed by atoms with van der Waals surface area (Å²) < 4.78 is 7.68. The lowest BCUT2D eigenvalue weighted by atomic mass is 9.95. The largest absolute Gasteiger partial charge is 0.378 e. The van der Waals surface area contributed by atoms with Gasteiger partial charge in [-0.2, -0.15) is 0 Å². The number of amides is 1. The van der Waals surface area contributed by atoms with Crippen molar-refractivity contribution in [2.75, 3.05) is 44.3 Å². The number of piperidine rings is 1. The molecule has 27 heavy (non-hydrogen) atoms. The van der Waals surface area contributed by atoms with Crippen molar-refractivity contribution in [1.29, 1.82) is 0 Å². The molecule has 2 saturated heterocycles. The van der Waals surface area contributed by atoms with Crippen LogP contribution in [0, 0.1) is 0 Å². The first-order chi connectivity index (χ1) is 13.3. The van der Waals surface area contributed by atoms with Crippen LogP contribution in [0.4, 0.5) is 5.69 Å². The van der Waals surface area contributed by atoms with E-state index in [2.05, 4.69) is 27.4 Å². The van der Waals surface area contributed by atoms with Crippen molar-refractivity contribution < 1.29 is 9.53 Å². The van der Waals surface area contributed by atoms with Gasteiger partial charge in [0.2, 0.25) is 0 Å². The van der Waals surface area contributed by atoms with Crippen molar-refractivity contribution in [3.05, 3.63) is 48.0 Å². The lowest BCUT2D eigenvalue weighted by molar-refractivity contribution is 0.0710. The molecule has 2 aromatic rings. The molecule has 1 aromatic heterocycles. The Bertz CT molecular complexity index is 774. The first kappa shape index (κ1) is 18.0. The molecule has 1 aromatic carbocycles. The summed E-state index contributed by atoms with van der Waals surface area (Å²) in [4.78, 5) is 22.1. The molecular formula is C21H28N4O2. The summed E-state index contributed by atoms with van der Waals surface area (Å²) in [5.74, 6) is 1.76. The minimum absolute atomic E-state index is 0.148. The molecule has 2 fully saturated rings. The minimum Gasteiger partial charge on any atom is -0.378 e. The molecule has 6 nitrogen and oxygen atoms in total. The van der Waals surface area contributed by atoms with Crippen molar-refractivity contribution in [1.82, 2.24) is 14.5 Å². The molecule has 0 spiro atoms. The molecule has 4 rings (SSSR count). The van der Waals surface area contributed by atoms with Gasteiger partial charge in [-0.3, -0.25) is 4.79 Å². The maximum absolute atomic E-state index is 13.2. The smallest absolute Gasteiger partial charge is 0.255 e. The predicted octanol–water partition coefficient (Wildman–Crippen LogP) is 2.76. The Morgan fingerprint density at radius 2 is 1.89 bits per heavy atom. The number of para-hydroxylation sites is 1. The predicted molar refractivity (Wildman–Crippen MR) is 105 cm³/mol. The number of likely N-dealkylation sites (tertiary alicyclic amines) is 1. The Balaban J connectivity index is 1.45. The SMILES string of the molecule is CCn1ccnc1C1CCN(C(=O)c2ccccc2N2CCOCC2)CC1. The highest BCUT2D eigenvalue weighted by Gasteiger charge is 2.28. The number of rotatable bonds is 4. The maximum atomic E-state index is 13.2. The lowest BCUT2D eigenvalue weighted by Gasteiger charge is -2.34. The third-order valence-corrected chi connectivity index (χ3v) is 5.72. The van der Waals surface area contributed by atoms with Crippen LogP contribution in [0.5, 0.6) is 0 Å². The summed E-state index contributed by atoms with van der Waals surface area (Å²) in [6.07, 6.45) is 5.88. The fraction of sp³-hybridized carbons (Fsp3) is 0.524. The van der Waals surface area contributed by atoms with Crippen LogP contribution in [0.15, 0.2) is 36.7 Å². The molecule has 2 aliphatic rings. The van der Waals surface area contributed by atoms with E-state index in [4.69, 9.17) is 4.74 Å². The van der Waals surface area contributed by atoms with E-state index in [1.165, 1.54) is 5.82 Å². The number of aromatic nitrogens is 2. The van der Waals surface area contributed by atoms with E-state index in [1.54, 1.807) is 0 Å². The highest BCUT2D eigenvalue weighted by molar-refractivity contribution is 5.99. The normalized spacial score (nSPS) is 18.7. The molecule has 0 N–H and O–H groups in total. The van der Waals surface area contributed by atoms with Crippen molar-refractivity contribution in [2.45, 2.75) is 32.2 Å². The number of hydrogen-bond acceptors (Lipinski definition) is 4. The fourth-order valence-corrected chi connectivity index (χ4v) is 4.19. The highest BCUT2D eigenvalue weighted by atomic mass is 16.5. The number of imidazole rings is 1. The van der Waals surface area contributed by atoms with Crippen LogP contribution in [-0.4, -0.2) is 59.8 Å². The summed E-state index contributed by atoms with van der Waals surface area (Å²) in [6, 6.07) is 7.99. The van der Waals surface area contributed by atoms with Crippen LogP contribution < -0.4 is 4.90 Å². The molecular weight excluding hydrogens is 340 g/mol. The van der Waals surface area contributed by atoms with E-state index in [-0.39, 0.29) is 5.91 Å². The summed E-state index contributed by atoms with van der Waals surface area (Å²) in [7, 11) is 0. The molecule has 0 saturated carbocycles. The molecule has 0 radical (unpaired) electrons. The van der Waals surface area contributed by atoms with Crippen molar-refractivity contribution in [3.8, 4) is 0 Å². The number of ether oxygens (including phenoxy) is 1. The van der Waals surface area contributed by atoms with Crippen LogP contribution in [0.2, 0.25) is 0 Å². The number of anilines is 1. The first-order valence-corrected chi connectivity index (χ1v) is 10.00. The molecule has 0 atom stereocenters. The molecule has 6 heteroatoms. The standard InChI is InChI=1S/C21H28N4O2/c1-2-23-12-9-22-20(23)17-7-10-25(11-8-17)21(26)18-5-3-4-6-19(18)24-13-15-27-16-14-24/h3-6,9,12,17H,2,7-8,10-11,13-16H2,1H3. The molecule has 0 bridgehead atoms. The monoisotopic (exact) mass is 368 g/mol. The third-order valence-electron chi connectivity index (χ3n) is 5.72. The Labute approximate surface area is 160 Å². The van der Waals surface area contributed by atoms with Gasteiger partial charge in [-0.1, -0.05) is 12.1 Å².